The molecule has 19 heavy (non-hydrogen) atoms. The molecule has 2 nitrogen and oxygen atoms in total. The van der Waals surface area contributed by atoms with Gasteiger partial charge in [0.2, 0.25) is 0 Å². The van der Waals surface area contributed by atoms with Gasteiger partial charge in [-0.3, -0.25) is 4.79 Å². The highest BCUT2D eigenvalue weighted by Crippen LogP contribution is 2.27. The van der Waals surface area contributed by atoms with Gasteiger partial charge < -0.3 is 5.32 Å². The molecule has 1 N–H and O–H groups in total. The number of anilines is 1. The van der Waals surface area contributed by atoms with E-state index in [4.69, 9.17) is 0 Å². The van der Waals surface area contributed by atoms with Gasteiger partial charge in [-0.05, 0) is 37.1 Å². The highest BCUT2D eigenvalue weighted by Gasteiger charge is 2.27. The Morgan fingerprint density at radius 1 is 1.16 bits per heavy atom. The van der Waals surface area contributed by atoms with E-state index < -0.39 is 0 Å². The molecule has 2 aromatic carbocycles. The zero-order valence-corrected chi connectivity index (χ0v) is 11.2. The Hall–Kier alpha value is -2.09. The third-order valence-electron chi connectivity index (χ3n) is 3.75. The van der Waals surface area contributed by atoms with Gasteiger partial charge >= 0.3 is 0 Å². The lowest BCUT2D eigenvalue weighted by molar-refractivity contribution is 0.0971. The fraction of sp³-hybridized carbons (Fsp3) is 0.235. The van der Waals surface area contributed by atoms with Crippen LogP contribution in [0.15, 0.2) is 42.5 Å². The van der Waals surface area contributed by atoms with Crippen LogP contribution >= 0.6 is 0 Å². The summed E-state index contributed by atoms with van der Waals surface area (Å²) < 4.78 is 0. The minimum atomic E-state index is -0.127. The molecule has 3 rings (SSSR count). The average molecular weight is 251 g/mol. The van der Waals surface area contributed by atoms with Gasteiger partial charge in [0, 0.05) is 17.7 Å². The third-order valence-corrected chi connectivity index (χ3v) is 3.75. The smallest absolute Gasteiger partial charge is 0.185 e. The van der Waals surface area contributed by atoms with Crippen LogP contribution in [-0.2, 0) is 6.42 Å². The zero-order valence-electron chi connectivity index (χ0n) is 11.2. The van der Waals surface area contributed by atoms with Gasteiger partial charge in [-0.1, -0.05) is 35.9 Å². The Kier molecular flexibility index (Phi) is 2.86. The molecular formula is C17H17NO. The molecule has 0 saturated heterocycles. The van der Waals surface area contributed by atoms with Crippen molar-refractivity contribution in [2.24, 2.45) is 0 Å². The first-order valence-electron chi connectivity index (χ1n) is 6.61. The van der Waals surface area contributed by atoms with Crippen molar-refractivity contribution in [3.8, 4) is 0 Å². The van der Waals surface area contributed by atoms with Crippen molar-refractivity contribution in [2.45, 2.75) is 26.3 Å². The van der Waals surface area contributed by atoms with E-state index in [9.17, 15) is 4.79 Å². The molecule has 2 aromatic rings. The topological polar surface area (TPSA) is 29.1 Å². The summed E-state index contributed by atoms with van der Waals surface area (Å²) in [6.07, 6.45) is 0.780. The molecule has 0 bridgehead atoms. The number of carbonyl (C=O) groups excluding carboxylic acids is 1. The predicted molar refractivity (Wildman–Crippen MR) is 77.8 cm³/mol. The van der Waals surface area contributed by atoms with Gasteiger partial charge in [-0.2, -0.15) is 0 Å². The molecule has 0 radical (unpaired) electrons. The number of aryl methyl sites for hydroxylation is 2. The van der Waals surface area contributed by atoms with Gasteiger partial charge in [-0.15, -0.1) is 0 Å². The van der Waals surface area contributed by atoms with E-state index in [-0.39, 0.29) is 11.8 Å². The Morgan fingerprint density at radius 2 is 1.95 bits per heavy atom. The summed E-state index contributed by atoms with van der Waals surface area (Å²) in [4.78, 5) is 12.6. The zero-order chi connectivity index (χ0) is 13.4. The molecule has 0 aliphatic carbocycles. The fourth-order valence-electron chi connectivity index (χ4n) is 2.65. The van der Waals surface area contributed by atoms with Crippen molar-refractivity contribution in [3.63, 3.8) is 0 Å². The van der Waals surface area contributed by atoms with E-state index in [1.165, 1.54) is 5.56 Å². The number of benzene rings is 2. The van der Waals surface area contributed by atoms with Crippen LogP contribution in [0.25, 0.3) is 0 Å². The van der Waals surface area contributed by atoms with E-state index >= 15 is 0 Å². The molecule has 0 saturated carbocycles. The summed E-state index contributed by atoms with van der Waals surface area (Å²) >= 11 is 0. The van der Waals surface area contributed by atoms with Gasteiger partial charge in [0.1, 0.15) is 0 Å². The maximum atomic E-state index is 12.6. The summed E-state index contributed by atoms with van der Waals surface area (Å²) in [7, 11) is 0. The molecule has 2 heteroatoms. The van der Waals surface area contributed by atoms with E-state index in [0.29, 0.717) is 0 Å². The van der Waals surface area contributed by atoms with Crippen molar-refractivity contribution >= 4 is 11.5 Å². The molecule has 0 spiro atoms. The Morgan fingerprint density at radius 3 is 2.74 bits per heavy atom. The first-order valence-corrected chi connectivity index (χ1v) is 6.61. The van der Waals surface area contributed by atoms with Crippen molar-refractivity contribution < 1.29 is 4.79 Å². The summed E-state index contributed by atoms with van der Waals surface area (Å²) in [6.45, 7) is 4.02. The number of hydrogen-bond acceptors (Lipinski definition) is 2. The van der Waals surface area contributed by atoms with E-state index in [0.717, 1.165) is 28.8 Å². The first-order chi connectivity index (χ1) is 9.15. The van der Waals surface area contributed by atoms with Crippen LogP contribution in [0.3, 0.4) is 0 Å². The van der Waals surface area contributed by atoms with Crippen LogP contribution in [0.1, 0.15) is 27.0 Å². The van der Waals surface area contributed by atoms with Crippen LogP contribution in [0.2, 0.25) is 0 Å². The minimum absolute atomic E-state index is 0.127. The second-order valence-corrected chi connectivity index (χ2v) is 5.24. The maximum Gasteiger partial charge on any atom is 0.185 e. The normalized spacial score (nSPS) is 16.8. The van der Waals surface area contributed by atoms with Crippen LogP contribution in [0, 0.1) is 13.8 Å². The van der Waals surface area contributed by atoms with Crippen molar-refractivity contribution in [1.29, 1.82) is 0 Å². The van der Waals surface area contributed by atoms with Gasteiger partial charge in [0.25, 0.3) is 0 Å². The molecular weight excluding hydrogens is 234 g/mol. The minimum Gasteiger partial charge on any atom is -0.374 e. The van der Waals surface area contributed by atoms with Crippen LogP contribution in [0.4, 0.5) is 5.69 Å². The molecule has 0 fully saturated rings. The maximum absolute atomic E-state index is 12.6. The monoisotopic (exact) mass is 251 g/mol. The number of fused-ring (bicyclic) bond motifs is 1. The standard InChI is InChI=1S/C17H17NO/c1-11-7-8-12(2)14(9-11)17(19)16-10-13-5-3-4-6-15(13)18-16/h3-9,16,18H,10H2,1-2H3. The number of ketones is 1. The Bertz CT molecular complexity index is 620. The van der Waals surface area contributed by atoms with Crippen molar-refractivity contribution in [2.75, 3.05) is 5.32 Å². The molecule has 1 aliphatic heterocycles. The second kappa shape index (κ2) is 4.54. The first kappa shape index (κ1) is 12.0. The lowest BCUT2D eigenvalue weighted by Crippen LogP contribution is -2.27. The summed E-state index contributed by atoms with van der Waals surface area (Å²) in [5.74, 6) is 0.192. The molecule has 0 aromatic heterocycles. The van der Waals surface area contributed by atoms with Crippen molar-refractivity contribution in [3.05, 3.63) is 64.7 Å². The number of carbonyl (C=O) groups is 1. The van der Waals surface area contributed by atoms with E-state index in [1.54, 1.807) is 0 Å². The fourth-order valence-corrected chi connectivity index (χ4v) is 2.65. The molecule has 1 heterocycles. The molecule has 1 unspecified atom stereocenters. The molecule has 0 amide bonds. The average Bonchev–Trinajstić information content (AvgIpc) is 2.84. The molecule has 1 aliphatic rings. The van der Waals surface area contributed by atoms with Crippen molar-refractivity contribution in [1.82, 2.24) is 0 Å². The highest BCUT2D eigenvalue weighted by atomic mass is 16.1. The lowest BCUT2D eigenvalue weighted by atomic mass is 9.96. The molecule has 1 atom stereocenters. The van der Waals surface area contributed by atoms with E-state index in [2.05, 4.69) is 11.4 Å². The van der Waals surface area contributed by atoms with Crippen LogP contribution < -0.4 is 5.32 Å². The summed E-state index contributed by atoms with van der Waals surface area (Å²) in [5, 5.41) is 3.33. The number of hydrogen-bond donors (Lipinski definition) is 1. The third kappa shape index (κ3) is 2.14. The van der Waals surface area contributed by atoms with Gasteiger partial charge in [0.05, 0.1) is 6.04 Å². The Balaban J connectivity index is 1.89. The number of Topliss-reactive ketones (excluding diaryl/α,β-unsaturated/α-hetero) is 1. The quantitative estimate of drug-likeness (QED) is 0.827. The van der Waals surface area contributed by atoms with Crippen LogP contribution in [0.5, 0.6) is 0 Å². The second-order valence-electron chi connectivity index (χ2n) is 5.24. The number of para-hydroxylation sites is 1. The summed E-state index contributed by atoms with van der Waals surface area (Å²) in [6, 6.07) is 14.1. The lowest BCUT2D eigenvalue weighted by Gasteiger charge is -2.12. The molecule has 96 valence electrons. The number of nitrogens with one attached hydrogen (secondary N) is 1. The Labute approximate surface area is 113 Å². The van der Waals surface area contributed by atoms with E-state index in [1.807, 2.05) is 50.2 Å². The summed E-state index contributed by atoms with van der Waals surface area (Å²) in [5.41, 5.74) is 5.33. The van der Waals surface area contributed by atoms with Gasteiger partial charge in [-0.25, -0.2) is 0 Å². The SMILES string of the molecule is Cc1ccc(C)c(C(=O)C2Cc3ccccc3N2)c1. The predicted octanol–water partition coefficient (Wildman–Crippen LogP) is 3.52. The number of rotatable bonds is 2. The van der Waals surface area contributed by atoms with Crippen LogP contribution in [-0.4, -0.2) is 11.8 Å². The largest absolute Gasteiger partial charge is 0.374 e. The van der Waals surface area contributed by atoms with Gasteiger partial charge in [0.15, 0.2) is 5.78 Å². The highest BCUT2D eigenvalue weighted by molar-refractivity contribution is 6.04.